The maximum absolute atomic E-state index is 2.40. The first-order chi connectivity index (χ1) is 26.1. The molecule has 0 amide bonds. The molecule has 0 saturated heterocycles. The fraction of sp³-hybridized carbons (Fsp3) is 0.0204. The second kappa shape index (κ2) is 12.6. The van der Waals surface area contributed by atoms with Gasteiger partial charge in [0.05, 0.1) is 22.1 Å². The summed E-state index contributed by atoms with van der Waals surface area (Å²) in [6.45, 7) is 2.21. The summed E-state index contributed by atoms with van der Waals surface area (Å²) in [4.78, 5) is 0. The second-order valence-electron chi connectivity index (χ2n) is 14.2. The van der Waals surface area contributed by atoms with E-state index in [1.165, 1.54) is 99.3 Å². The van der Waals surface area contributed by atoms with Crippen LogP contribution in [0, 0.1) is 0 Å². The van der Waals surface area contributed by atoms with Gasteiger partial charge in [0.1, 0.15) is 7.85 Å². The molecule has 0 bridgehead atoms. The molecule has 8 aromatic carbocycles. The molecule has 0 N–H and O–H groups in total. The number of fused-ring (bicyclic) bond motifs is 6. The molecule has 0 unspecified atom stereocenters. The minimum Gasteiger partial charge on any atom is -0.309 e. The Bertz CT molecular complexity index is 2960. The minimum atomic E-state index is 1.04. The largest absolute Gasteiger partial charge is 0.309 e. The van der Waals surface area contributed by atoms with Crippen molar-refractivity contribution < 1.29 is 0 Å². The monoisotopic (exact) mass is 674 g/mol. The Kier molecular flexibility index (Phi) is 7.44. The van der Waals surface area contributed by atoms with Crippen molar-refractivity contribution in [1.82, 2.24) is 9.13 Å². The fourth-order valence-corrected chi connectivity index (χ4v) is 8.15. The summed E-state index contributed by atoms with van der Waals surface area (Å²) in [6.07, 6.45) is 0. The molecule has 2 heterocycles. The summed E-state index contributed by atoms with van der Waals surface area (Å²) in [5.74, 6) is 0. The first-order valence-electron chi connectivity index (χ1n) is 18.6. The van der Waals surface area contributed by atoms with E-state index in [4.69, 9.17) is 0 Å². The van der Waals surface area contributed by atoms with E-state index in [1.807, 2.05) is 0 Å². The molecule has 0 aliphatic carbocycles. The zero-order valence-electron chi connectivity index (χ0n) is 29.9. The van der Waals surface area contributed by atoms with E-state index in [0.29, 0.717) is 0 Å². The first kappa shape index (κ1) is 31.2. The van der Waals surface area contributed by atoms with E-state index < -0.39 is 0 Å². The Morgan fingerprint density at radius 1 is 0.358 bits per heavy atom. The highest BCUT2D eigenvalue weighted by Crippen LogP contribution is 2.40. The van der Waals surface area contributed by atoms with Crippen molar-refractivity contribution in [3.05, 3.63) is 182 Å². The van der Waals surface area contributed by atoms with Crippen molar-refractivity contribution in [2.75, 3.05) is 0 Å². The summed E-state index contributed by atoms with van der Waals surface area (Å²) in [6, 6.07) is 67.2. The van der Waals surface area contributed by atoms with Crippen molar-refractivity contribution in [1.29, 1.82) is 0 Å². The fourth-order valence-electron chi connectivity index (χ4n) is 8.15. The van der Waals surface area contributed by atoms with Gasteiger partial charge in [-0.15, -0.1) is 0 Å². The lowest BCUT2D eigenvalue weighted by Crippen LogP contribution is -2.08. The van der Waals surface area contributed by atoms with Gasteiger partial charge in [-0.3, -0.25) is 0 Å². The van der Waals surface area contributed by atoms with Crippen LogP contribution in [0.3, 0.4) is 0 Å². The van der Waals surface area contributed by atoms with Gasteiger partial charge in [-0.1, -0.05) is 127 Å². The molecule has 0 fully saturated rings. The molecule has 4 heteroatoms. The molecule has 10 aromatic rings. The predicted molar refractivity (Wildman–Crippen MR) is 232 cm³/mol. The number of para-hydroxylation sites is 2. The van der Waals surface area contributed by atoms with Gasteiger partial charge in [0.25, 0.3) is 0 Å². The van der Waals surface area contributed by atoms with Gasteiger partial charge in [-0.25, -0.2) is 0 Å². The summed E-state index contributed by atoms with van der Waals surface area (Å²) in [7, 11) is 3.18. The van der Waals surface area contributed by atoms with Crippen LogP contribution in [0.4, 0.5) is 0 Å². The van der Waals surface area contributed by atoms with Crippen LogP contribution < -0.4 is 10.9 Å². The number of benzene rings is 8. The summed E-state index contributed by atoms with van der Waals surface area (Å²) in [5, 5.41) is 5.01. The maximum Gasteiger partial charge on any atom is 0.154 e. The van der Waals surface area contributed by atoms with E-state index in [2.05, 4.69) is 206 Å². The molecular weight excluding hydrogens is 638 g/mol. The van der Waals surface area contributed by atoms with E-state index >= 15 is 0 Å². The van der Waals surface area contributed by atoms with E-state index in [0.717, 1.165) is 7.28 Å². The van der Waals surface area contributed by atoms with Crippen LogP contribution in [0.2, 0.25) is 6.82 Å². The third-order valence-electron chi connectivity index (χ3n) is 11.0. The lowest BCUT2D eigenvalue weighted by Gasteiger charge is -2.09. The molecule has 2 aromatic heterocycles. The summed E-state index contributed by atoms with van der Waals surface area (Å²) < 4.78 is 4.81. The van der Waals surface area contributed by atoms with Gasteiger partial charge in [0.15, 0.2) is 7.28 Å². The molecule has 53 heavy (non-hydrogen) atoms. The predicted octanol–water partition coefficient (Wildman–Crippen LogP) is 10.3. The number of nitrogens with zero attached hydrogens (tertiary/aromatic N) is 2. The molecule has 10 rings (SSSR count). The molecule has 0 aliphatic heterocycles. The van der Waals surface area contributed by atoms with Crippen LogP contribution >= 0.6 is 0 Å². The van der Waals surface area contributed by atoms with Gasteiger partial charge in [-0.05, 0) is 106 Å². The van der Waals surface area contributed by atoms with Gasteiger partial charge in [0.2, 0.25) is 0 Å². The molecule has 0 radical (unpaired) electrons. The Hall–Kier alpha value is -6.51. The Morgan fingerprint density at radius 3 is 1.04 bits per heavy atom. The van der Waals surface area contributed by atoms with Crippen LogP contribution in [0.5, 0.6) is 0 Å². The van der Waals surface area contributed by atoms with Gasteiger partial charge in [0, 0.05) is 32.9 Å². The normalized spacial score (nSPS) is 11.6. The highest BCUT2D eigenvalue weighted by atomic mass is 15.0. The van der Waals surface area contributed by atoms with Crippen LogP contribution in [0.15, 0.2) is 182 Å². The summed E-state index contributed by atoms with van der Waals surface area (Å²) >= 11 is 0. The van der Waals surface area contributed by atoms with E-state index in [-0.39, 0.29) is 0 Å². The molecule has 2 nitrogen and oxygen atoms in total. The molecule has 0 spiro atoms. The SMILES string of the molecule is Bc1ccc(-c2ccc3c(c2)c2cc(-c4ccc5c(c4)c4cc(-c6ccc(BC)cc6)ccc4n5-c4ccccc4)ccc2n3-c2ccccc2)cc1. The van der Waals surface area contributed by atoms with Gasteiger partial charge in [-0.2, -0.15) is 0 Å². The van der Waals surface area contributed by atoms with E-state index in [1.54, 1.807) is 0 Å². The minimum absolute atomic E-state index is 1.04. The van der Waals surface area contributed by atoms with Crippen molar-refractivity contribution in [2.24, 2.45) is 0 Å². The van der Waals surface area contributed by atoms with Crippen molar-refractivity contribution >= 4 is 69.7 Å². The van der Waals surface area contributed by atoms with Crippen molar-refractivity contribution in [3.63, 3.8) is 0 Å². The lowest BCUT2D eigenvalue weighted by atomic mass is 9.73. The number of aromatic nitrogens is 2. The second-order valence-corrected chi connectivity index (χ2v) is 14.2. The average Bonchev–Trinajstić information content (AvgIpc) is 3.73. The average molecular weight is 674 g/mol. The molecule has 0 aliphatic rings. The molecule has 0 atom stereocenters. The third-order valence-corrected chi connectivity index (χ3v) is 11.0. The standard InChI is InChI=1S/C49H36B2N2/c1-51-39-22-14-33(15-23-39)35-17-25-47-43(29-35)45-31-37(19-27-49(45)53(47)41-10-6-3-7-11-41)36-18-26-48-44(30-36)42-28-34(32-12-20-38(50)21-13-32)16-24-46(42)52(48)40-8-4-2-5-9-40/h2-31,51H,50H2,1H3. The highest BCUT2D eigenvalue weighted by Gasteiger charge is 2.17. The van der Waals surface area contributed by atoms with Gasteiger partial charge < -0.3 is 9.13 Å². The van der Waals surface area contributed by atoms with Gasteiger partial charge >= 0.3 is 0 Å². The van der Waals surface area contributed by atoms with Crippen LogP contribution in [-0.2, 0) is 0 Å². The van der Waals surface area contributed by atoms with Crippen molar-refractivity contribution in [2.45, 2.75) is 6.82 Å². The quantitative estimate of drug-likeness (QED) is 0.156. The first-order valence-corrected chi connectivity index (χ1v) is 18.6. The Morgan fingerprint density at radius 2 is 0.679 bits per heavy atom. The molecule has 248 valence electrons. The van der Waals surface area contributed by atoms with Crippen LogP contribution in [0.25, 0.3) is 88.4 Å². The number of hydrogen-bond acceptors (Lipinski definition) is 0. The van der Waals surface area contributed by atoms with Crippen LogP contribution in [0.1, 0.15) is 0 Å². The smallest absolute Gasteiger partial charge is 0.154 e. The van der Waals surface area contributed by atoms with E-state index in [9.17, 15) is 0 Å². The Labute approximate surface area is 311 Å². The molecular formula is C49H36B2N2. The zero-order valence-corrected chi connectivity index (χ0v) is 29.9. The zero-order chi connectivity index (χ0) is 35.5. The highest BCUT2D eigenvalue weighted by molar-refractivity contribution is 6.51. The van der Waals surface area contributed by atoms with Crippen molar-refractivity contribution in [3.8, 4) is 44.8 Å². The maximum atomic E-state index is 2.40. The third kappa shape index (κ3) is 5.29. The lowest BCUT2D eigenvalue weighted by molar-refractivity contribution is 1.18. The topological polar surface area (TPSA) is 9.86 Å². The summed E-state index contributed by atoms with van der Waals surface area (Å²) in [5.41, 5.74) is 17.1. The molecule has 0 saturated carbocycles. The van der Waals surface area contributed by atoms with Crippen LogP contribution in [-0.4, -0.2) is 24.3 Å². The Balaban J connectivity index is 1.18. The number of rotatable bonds is 6. The number of hydrogen-bond donors (Lipinski definition) is 0.